The van der Waals surface area contributed by atoms with E-state index in [1.807, 2.05) is 12.1 Å². The number of amides is 2. The quantitative estimate of drug-likeness (QED) is 0.875. The van der Waals surface area contributed by atoms with Gasteiger partial charge in [-0.1, -0.05) is 0 Å². The van der Waals surface area contributed by atoms with Crippen LogP contribution in [0.4, 0.5) is 4.79 Å². The molecule has 2 fully saturated rings. The molecular weight excluding hydrogens is 252 g/mol. The topological polar surface area (TPSA) is 57.3 Å². The summed E-state index contributed by atoms with van der Waals surface area (Å²) < 4.78 is 0. The van der Waals surface area contributed by atoms with Crippen molar-refractivity contribution in [3.05, 3.63) is 30.1 Å². The third-order valence-electron chi connectivity index (χ3n) is 4.13. The van der Waals surface area contributed by atoms with E-state index in [9.17, 15) is 4.79 Å². The Labute approximate surface area is 119 Å². The number of carbonyl (C=O) groups is 1. The molecule has 1 aromatic rings. The predicted octanol–water partition coefficient (Wildman–Crippen LogP) is 1.51. The van der Waals surface area contributed by atoms with Gasteiger partial charge in [0.25, 0.3) is 0 Å². The molecule has 0 radical (unpaired) electrons. The lowest BCUT2D eigenvalue weighted by Crippen LogP contribution is -2.48. The van der Waals surface area contributed by atoms with Gasteiger partial charge in [-0.3, -0.25) is 4.98 Å². The summed E-state index contributed by atoms with van der Waals surface area (Å²) in [5, 5.41) is 5.98. The first-order valence-electron chi connectivity index (χ1n) is 7.48. The lowest BCUT2D eigenvalue weighted by atomic mass is 10.1. The van der Waals surface area contributed by atoms with E-state index in [1.165, 1.54) is 12.8 Å². The molecule has 1 saturated carbocycles. The number of hydrogen-bond donors (Lipinski definition) is 2. The fourth-order valence-corrected chi connectivity index (χ4v) is 2.77. The Kier molecular flexibility index (Phi) is 4.16. The van der Waals surface area contributed by atoms with Crippen LogP contribution in [0.15, 0.2) is 24.5 Å². The SMILES string of the molecule is O=C(NCc1ccncc1)NC1CCN(C2CC2)CC1. The Hall–Kier alpha value is -1.62. The highest BCUT2D eigenvalue weighted by atomic mass is 16.2. The maximum Gasteiger partial charge on any atom is 0.315 e. The molecule has 2 amide bonds. The van der Waals surface area contributed by atoms with Crippen LogP contribution in [0.1, 0.15) is 31.2 Å². The van der Waals surface area contributed by atoms with Crippen LogP contribution in [0.2, 0.25) is 0 Å². The summed E-state index contributed by atoms with van der Waals surface area (Å²) in [4.78, 5) is 18.4. The summed E-state index contributed by atoms with van der Waals surface area (Å²) in [7, 11) is 0. The van der Waals surface area contributed by atoms with Crippen molar-refractivity contribution in [1.82, 2.24) is 20.5 Å². The summed E-state index contributed by atoms with van der Waals surface area (Å²) in [6.45, 7) is 2.80. The first kappa shape index (κ1) is 13.4. The number of nitrogens with zero attached hydrogens (tertiary/aromatic N) is 2. The van der Waals surface area contributed by atoms with Crippen LogP contribution in [-0.2, 0) is 6.54 Å². The third-order valence-corrected chi connectivity index (χ3v) is 4.13. The molecule has 0 aromatic carbocycles. The van der Waals surface area contributed by atoms with Gasteiger partial charge in [-0.05, 0) is 43.4 Å². The van der Waals surface area contributed by atoms with Crippen LogP contribution in [0.25, 0.3) is 0 Å². The minimum absolute atomic E-state index is 0.0633. The summed E-state index contributed by atoms with van der Waals surface area (Å²) >= 11 is 0. The van der Waals surface area contributed by atoms with Crippen molar-refractivity contribution < 1.29 is 4.79 Å². The minimum atomic E-state index is -0.0633. The zero-order chi connectivity index (χ0) is 13.8. The van der Waals surface area contributed by atoms with Gasteiger partial charge in [-0.15, -0.1) is 0 Å². The van der Waals surface area contributed by atoms with Crippen LogP contribution in [0, 0.1) is 0 Å². The molecule has 2 N–H and O–H groups in total. The number of aromatic nitrogens is 1. The number of carbonyl (C=O) groups excluding carboxylic acids is 1. The fourth-order valence-electron chi connectivity index (χ4n) is 2.77. The average molecular weight is 274 g/mol. The third kappa shape index (κ3) is 3.70. The Balaban J connectivity index is 1.36. The molecule has 5 nitrogen and oxygen atoms in total. The first-order valence-corrected chi connectivity index (χ1v) is 7.48. The number of piperidine rings is 1. The van der Waals surface area contributed by atoms with Crippen molar-refractivity contribution in [1.29, 1.82) is 0 Å². The molecule has 0 spiro atoms. The maximum atomic E-state index is 11.9. The van der Waals surface area contributed by atoms with E-state index in [2.05, 4.69) is 20.5 Å². The second-order valence-electron chi connectivity index (χ2n) is 5.72. The minimum Gasteiger partial charge on any atom is -0.335 e. The number of likely N-dealkylation sites (tertiary alicyclic amines) is 1. The van der Waals surface area contributed by atoms with Crippen LogP contribution in [0.3, 0.4) is 0 Å². The zero-order valence-electron chi connectivity index (χ0n) is 11.7. The highest BCUT2D eigenvalue weighted by molar-refractivity contribution is 5.74. The second-order valence-corrected chi connectivity index (χ2v) is 5.72. The lowest BCUT2D eigenvalue weighted by molar-refractivity contribution is 0.186. The van der Waals surface area contributed by atoms with Crippen molar-refractivity contribution >= 4 is 6.03 Å². The van der Waals surface area contributed by atoms with Gasteiger partial charge < -0.3 is 15.5 Å². The predicted molar refractivity (Wildman–Crippen MR) is 77.2 cm³/mol. The van der Waals surface area contributed by atoms with Crippen LogP contribution >= 0.6 is 0 Å². The van der Waals surface area contributed by atoms with E-state index in [4.69, 9.17) is 0 Å². The Morgan fingerprint density at radius 1 is 1.20 bits per heavy atom. The van der Waals surface area contributed by atoms with E-state index in [1.54, 1.807) is 12.4 Å². The highest BCUT2D eigenvalue weighted by Crippen LogP contribution is 2.29. The normalized spacial score (nSPS) is 20.6. The van der Waals surface area contributed by atoms with Crippen molar-refractivity contribution in [2.75, 3.05) is 13.1 Å². The largest absolute Gasteiger partial charge is 0.335 e. The molecule has 0 bridgehead atoms. The Morgan fingerprint density at radius 3 is 2.55 bits per heavy atom. The van der Waals surface area contributed by atoms with Gasteiger partial charge in [0.1, 0.15) is 0 Å². The monoisotopic (exact) mass is 274 g/mol. The van der Waals surface area contributed by atoms with Gasteiger partial charge in [0.05, 0.1) is 0 Å². The molecule has 0 unspecified atom stereocenters. The summed E-state index contributed by atoms with van der Waals surface area (Å²) in [5.74, 6) is 0. The molecule has 108 valence electrons. The van der Waals surface area contributed by atoms with Gasteiger partial charge in [0, 0.05) is 44.1 Å². The van der Waals surface area contributed by atoms with Gasteiger partial charge in [0.2, 0.25) is 0 Å². The maximum absolute atomic E-state index is 11.9. The molecule has 2 aliphatic rings. The number of urea groups is 1. The molecule has 1 aliphatic heterocycles. The summed E-state index contributed by atoms with van der Waals surface area (Å²) in [6, 6.07) is 4.92. The van der Waals surface area contributed by atoms with Gasteiger partial charge in [0.15, 0.2) is 0 Å². The van der Waals surface area contributed by atoms with E-state index < -0.39 is 0 Å². The Bertz CT molecular complexity index is 438. The van der Waals surface area contributed by atoms with E-state index in [-0.39, 0.29) is 6.03 Å². The highest BCUT2D eigenvalue weighted by Gasteiger charge is 2.31. The van der Waals surface area contributed by atoms with Crippen LogP contribution in [0.5, 0.6) is 0 Å². The van der Waals surface area contributed by atoms with E-state index >= 15 is 0 Å². The molecule has 2 heterocycles. The summed E-state index contributed by atoms with van der Waals surface area (Å²) in [6.07, 6.45) is 8.35. The zero-order valence-corrected chi connectivity index (χ0v) is 11.7. The van der Waals surface area contributed by atoms with Crippen molar-refractivity contribution in [2.24, 2.45) is 0 Å². The molecule has 1 aliphatic carbocycles. The first-order chi connectivity index (χ1) is 9.81. The smallest absolute Gasteiger partial charge is 0.315 e. The van der Waals surface area contributed by atoms with Crippen LogP contribution < -0.4 is 10.6 Å². The van der Waals surface area contributed by atoms with Gasteiger partial charge in [-0.2, -0.15) is 0 Å². The standard InChI is InChI=1S/C15H22N4O/c20-15(17-11-12-3-7-16-8-4-12)18-13-5-9-19(10-6-13)14-1-2-14/h3-4,7-8,13-14H,1-2,5-6,9-11H2,(H2,17,18,20). The molecular formula is C15H22N4O. The van der Waals surface area contributed by atoms with Crippen LogP contribution in [-0.4, -0.2) is 41.1 Å². The van der Waals surface area contributed by atoms with Crippen molar-refractivity contribution in [3.63, 3.8) is 0 Å². The lowest BCUT2D eigenvalue weighted by Gasteiger charge is -2.32. The number of hydrogen-bond acceptors (Lipinski definition) is 3. The molecule has 0 atom stereocenters. The average Bonchev–Trinajstić information content (AvgIpc) is 3.32. The number of nitrogens with one attached hydrogen (secondary N) is 2. The summed E-state index contributed by atoms with van der Waals surface area (Å²) in [5.41, 5.74) is 1.07. The van der Waals surface area contributed by atoms with Crippen molar-refractivity contribution in [2.45, 2.75) is 44.3 Å². The van der Waals surface area contributed by atoms with Crippen molar-refractivity contribution in [3.8, 4) is 0 Å². The van der Waals surface area contributed by atoms with Gasteiger partial charge in [-0.25, -0.2) is 4.79 Å². The molecule has 1 saturated heterocycles. The molecule has 20 heavy (non-hydrogen) atoms. The fraction of sp³-hybridized carbons (Fsp3) is 0.600. The van der Waals surface area contributed by atoms with E-state index in [0.29, 0.717) is 12.6 Å². The van der Waals surface area contributed by atoms with E-state index in [0.717, 1.165) is 37.5 Å². The molecule has 3 rings (SSSR count). The number of pyridine rings is 1. The Morgan fingerprint density at radius 2 is 1.90 bits per heavy atom. The number of rotatable bonds is 4. The molecule has 1 aromatic heterocycles. The van der Waals surface area contributed by atoms with Gasteiger partial charge >= 0.3 is 6.03 Å². The molecule has 5 heteroatoms. The second kappa shape index (κ2) is 6.22.